The predicted molar refractivity (Wildman–Crippen MR) is 114 cm³/mol. The molecule has 1 aliphatic heterocycles. The standard InChI is InChI=1S/C21H33N5O3/c1-21(2,3)29-20(28)25-17-10-12-26(14-17)19(23-5)24-11-9-15-7-6-8-16(13-15)18(27)22-4/h6-8,13,17H,9-12,14H2,1-5H3,(H,22,27)(H,23,24)(H,25,28). The van der Waals surface area contributed by atoms with Gasteiger partial charge in [0.05, 0.1) is 6.04 Å². The number of aliphatic imine (C=N–C) groups is 1. The number of benzene rings is 1. The summed E-state index contributed by atoms with van der Waals surface area (Å²) >= 11 is 0. The van der Waals surface area contributed by atoms with E-state index >= 15 is 0 Å². The summed E-state index contributed by atoms with van der Waals surface area (Å²) in [5.41, 5.74) is 1.24. The Balaban J connectivity index is 1.81. The number of rotatable bonds is 5. The maximum Gasteiger partial charge on any atom is 0.407 e. The van der Waals surface area contributed by atoms with Crippen molar-refractivity contribution in [2.45, 2.75) is 45.3 Å². The van der Waals surface area contributed by atoms with Gasteiger partial charge in [-0.05, 0) is 51.3 Å². The van der Waals surface area contributed by atoms with Crippen LogP contribution < -0.4 is 16.0 Å². The lowest BCUT2D eigenvalue weighted by molar-refractivity contribution is 0.0507. The van der Waals surface area contributed by atoms with Gasteiger partial charge in [-0.3, -0.25) is 9.79 Å². The van der Waals surface area contributed by atoms with E-state index in [2.05, 4.69) is 25.8 Å². The van der Waals surface area contributed by atoms with E-state index in [-0.39, 0.29) is 18.0 Å². The molecule has 1 heterocycles. The lowest BCUT2D eigenvalue weighted by Gasteiger charge is -2.23. The van der Waals surface area contributed by atoms with Crippen molar-refractivity contribution in [2.75, 3.05) is 33.7 Å². The van der Waals surface area contributed by atoms with Gasteiger partial charge in [-0.25, -0.2) is 4.79 Å². The molecule has 8 nitrogen and oxygen atoms in total. The molecule has 3 N–H and O–H groups in total. The van der Waals surface area contributed by atoms with Gasteiger partial charge in [0.15, 0.2) is 5.96 Å². The van der Waals surface area contributed by atoms with Crippen LogP contribution >= 0.6 is 0 Å². The molecular weight excluding hydrogens is 370 g/mol. The van der Waals surface area contributed by atoms with Crippen molar-refractivity contribution in [1.82, 2.24) is 20.9 Å². The highest BCUT2D eigenvalue weighted by atomic mass is 16.6. The Morgan fingerprint density at radius 2 is 2.07 bits per heavy atom. The molecule has 160 valence electrons. The number of guanidine groups is 1. The van der Waals surface area contributed by atoms with Crippen molar-refractivity contribution in [3.63, 3.8) is 0 Å². The first-order valence-electron chi connectivity index (χ1n) is 9.98. The van der Waals surface area contributed by atoms with Crippen LogP contribution in [0.1, 0.15) is 43.1 Å². The zero-order valence-corrected chi connectivity index (χ0v) is 18.0. The Kier molecular flexibility index (Phi) is 7.87. The van der Waals surface area contributed by atoms with E-state index in [1.807, 2.05) is 39.0 Å². The van der Waals surface area contributed by atoms with Crippen LogP contribution in [0.2, 0.25) is 0 Å². The summed E-state index contributed by atoms with van der Waals surface area (Å²) in [7, 11) is 3.38. The van der Waals surface area contributed by atoms with Crippen molar-refractivity contribution in [3.05, 3.63) is 35.4 Å². The predicted octanol–water partition coefficient (Wildman–Crippen LogP) is 1.76. The smallest absolute Gasteiger partial charge is 0.407 e. The molecule has 1 fully saturated rings. The maximum absolute atomic E-state index is 12.0. The zero-order chi connectivity index (χ0) is 21.4. The Morgan fingerprint density at radius 3 is 2.72 bits per heavy atom. The first-order chi connectivity index (χ1) is 13.7. The number of carbonyl (C=O) groups excluding carboxylic acids is 2. The molecule has 0 aromatic heterocycles. The maximum atomic E-state index is 12.0. The molecule has 1 aliphatic rings. The van der Waals surface area contributed by atoms with Crippen LogP contribution in [0.15, 0.2) is 29.3 Å². The van der Waals surface area contributed by atoms with Crippen molar-refractivity contribution >= 4 is 18.0 Å². The van der Waals surface area contributed by atoms with E-state index in [0.717, 1.165) is 30.9 Å². The molecule has 0 spiro atoms. The van der Waals surface area contributed by atoms with Crippen molar-refractivity contribution in [2.24, 2.45) is 4.99 Å². The second-order valence-electron chi connectivity index (χ2n) is 8.08. The van der Waals surface area contributed by atoms with Gasteiger partial charge in [0.2, 0.25) is 0 Å². The van der Waals surface area contributed by atoms with Gasteiger partial charge < -0.3 is 25.6 Å². The van der Waals surface area contributed by atoms with Gasteiger partial charge in [-0.1, -0.05) is 12.1 Å². The summed E-state index contributed by atoms with van der Waals surface area (Å²) in [6.07, 6.45) is 1.23. The number of hydrogen-bond donors (Lipinski definition) is 3. The third-order valence-corrected chi connectivity index (χ3v) is 4.53. The quantitative estimate of drug-likeness (QED) is 0.514. The SMILES string of the molecule is CN=C(NCCc1cccc(C(=O)NC)c1)N1CCC(NC(=O)OC(C)(C)C)C1. The van der Waals surface area contributed by atoms with Crippen LogP contribution in [0.3, 0.4) is 0 Å². The van der Waals surface area contributed by atoms with Crippen molar-refractivity contribution in [1.29, 1.82) is 0 Å². The van der Waals surface area contributed by atoms with E-state index in [1.54, 1.807) is 20.2 Å². The van der Waals surface area contributed by atoms with Crippen LogP contribution in [-0.2, 0) is 11.2 Å². The molecule has 1 atom stereocenters. The van der Waals surface area contributed by atoms with Gasteiger partial charge in [-0.15, -0.1) is 0 Å². The normalized spacial score (nSPS) is 17.1. The summed E-state index contributed by atoms with van der Waals surface area (Å²) < 4.78 is 5.33. The molecule has 2 amide bonds. The average molecular weight is 404 g/mol. The summed E-state index contributed by atoms with van der Waals surface area (Å²) in [6.45, 7) is 7.75. The number of carbonyl (C=O) groups is 2. The highest BCUT2D eigenvalue weighted by Gasteiger charge is 2.27. The molecule has 2 rings (SSSR count). The first kappa shape index (κ1) is 22.5. The molecule has 1 aromatic carbocycles. The Bertz CT molecular complexity index is 742. The van der Waals surface area contributed by atoms with Crippen LogP contribution in [0.25, 0.3) is 0 Å². The fourth-order valence-corrected chi connectivity index (χ4v) is 3.21. The van der Waals surface area contributed by atoms with Crippen LogP contribution in [0.5, 0.6) is 0 Å². The lowest BCUT2D eigenvalue weighted by atomic mass is 10.1. The second-order valence-corrected chi connectivity index (χ2v) is 8.08. The van der Waals surface area contributed by atoms with Crippen LogP contribution in [-0.4, -0.2) is 68.2 Å². The highest BCUT2D eigenvalue weighted by molar-refractivity contribution is 5.94. The molecule has 8 heteroatoms. The summed E-state index contributed by atoms with van der Waals surface area (Å²) in [5.74, 6) is 0.720. The van der Waals surface area contributed by atoms with Gasteiger partial charge in [0, 0.05) is 39.3 Å². The molecule has 0 saturated carbocycles. The largest absolute Gasteiger partial charge is 0.444 e. The molecule has 1 saturated heterocycles. The van der Waals surface area contributed by atoms with Gasteiger partial charge in [0.1, 0.15) is 5.60 Å². The Labute approximate surface area is 173 Å². The van der Waals surface area contributed by atoms with E-state index < -0.39 is 5.60 Å². The number of hydrogen-bond acceptors (Lipinski definition) is 4. The number of alkyl carbamates (subject to hydrolysis) is 1. The van der Waals surface area contributed by atoms with Gasteiger partial charge in [-0.2, -0.15) is 0 Å². The minimum absolute atomic E-state index is 0.0348. The molecule has 0 bridgehead atoms. The summed E-state index contributed by atoms with van der Waals surface area (Å²) in [5, 5.41) is 8.93. The summed E-state index contributed by atoms with van der Waals surface area (Å²) in [6, 6.07) is 7.64. The van der Waals surface area contributed by atoms with Crippen LogP contribution in [0, 0.1) is 0 Å². The monoisotopic (exact) mass is 403 g/mol. The third-order valence-electron chi connectivity index (χ3n) is 4.53. The zero-order valence-electron chi connectivity index (χ0n) is 18.0. The van der Waals surface area contributed by atoms with E-state index in [0.29, 0.717) is 18.7 Å². The Hall–Kier alpha value is -2.77. The molecule has 1 unspecified atom stereocenters. The molecule has 0 radical (unpaired) electrons. The van der Waals surface area contributed by atoms with Gasteiger partial charge in [0.25, 0.3) is 5.91 Å². The number of nitrogens with zero attached hydrogens (tertiary/aromatic N) is 2. The van der Waals surface area contributed by atoms with E-state index in [1.165, 1.54) is 0 Å². The third kappa shape index (κ3) is 7.29. The van der Waals surface area contributed by atoms with Crippen LogP contribution in [0.4, 0.5) is 4.79 Å². The number of nitrogens with one attached hydrogen (secondary N) is 3. The van der Waals surface area contributed by atoms with E-state index in [4.69, 9.17) is 4.74 Å². The Morgan fingerprint density at radius 1 is 1.31 bits per heavy atom. The lowest BCUT2D eigenvalue weighted by Crippen LogP contribution is -2.44. The number of amides is 2. The highest BCUT2D eigenvalue weighted by Crippen LogP contribution is 2.12. The van der Waals surface area contributed by atoms with E-state index in [9.17, 15) is 9.59 Å². The first-order valence-corrected chi connectivity index (χ1v) is 9.98. The minimum Gasteiger partial charge on any atom is -0.444 e. The summed E-state index contributed by atoms with van der Waals surface area (Å²) in [4.78, 5) is 30.2. The second kappa shape index (κ2) is 10.1. The molecule has 29 heavy (non-hydrogen) atoms. The average Bonchev–Trinajstić information content (AvgIpc) is 3.11. The number of ether oxygens (including phenoxy) is 1. The molecule has 1 aromatic rings. The van der Waals surface area contributed by atoms with Gasteiger partial charge >= 0.3 is 6.09 Å². The van der Waals surface area contributed by atoms with Crippen molar-refractivity contribution < 1.29 is 14.3 Å². The minimum atomic E-state index is -0.505. The number of likely N-dealkylation sites (tertiary alicyclic amines) is 1. The molecule has 0 aliphatic carbocycles. The topological polar surface area (TPSA) is 95.1 Å². The van der Waals surface area contributed by atoms with Crippen molar-refractivity contribution in [3.8, 4) is 0 Å². The molecular formula is C21H33N5O3. The fraction of sp³-hybridized carbons (Fsp3) is 0.571. The fourth-order valence-electron chi connectivity index (χ4n) is 3.21.